The molecule has 1 aromatic carbocycles. The Morgan fingerprint density at radius 3 is 2.53 bits per heavy atom. The van der Waals surface area contributed by atoms with Crippen molar-refractivity contribution < 1.29 is 14.6 Å². The minimum atomic E-state index is -0.804. The molecule has 0 aliphatic rings. The van der Waals surface area contributed by atoms with E-state index in [0.717, 1.165) is 9.35 Å². The van der Waals surface area contributed by atoms with Crippen molar-refractivity contribution in [1.29, 1.82) is 0 Å². The summed E-state index contributed by atoms with van der Waals surface area (Å²) in [6.07, 6.45) is -0.804. The van der Waals surface area contributed by atoms with E-state index >= 15 is 0 Å². The largest absolute Gasteiger partial charge is 0.493 e. The Balaban J connectivity index is 2.49. The van der Waals surface area contributed by atoms with Gasteiger partial charge in [0, 0.05) is 10.0 Å². The zero-order valence-electron chi connectivity index (χ0n) is 10.3. The second kappa shape index (κ2) is 6.13. The number of rotatable bonds is 4. The number of aliphatic hydroxyl groups is 1. The molecule has 1 aromatic heterocycles. The second-order valence-electron chi connectivity index (χ2n) is 3.74. The van der Waals surface area contributed by atoms with Crippen LogP contribution in [0, 0.1) is 0 Å². The average Bonchev–Trinajstić information content (AvgIpc) is 2.83. The van der Waals surface area contributed by atoms with Gasteiger partial charge in [-0.1, -0.05) is 17.7 Å². The van der Waals surface area contributed by atoms with Crippen molar-refractivity contribution in [3.8, 4) is 11.5 Å². The quantitative estimate of drug-likeness (QED) is 0.882. The van der Waals surface area contributed by atoms with E-state index < -0.39 is 6.10 Å². The Hall–Kier alpha value is -0.750. The van der Waals surface area contributed by atoms with Gasteiger partial charge in [-0.3, -0.25) is 0 Å². The maximum absolute atomic E-state index is 10.4. The van der Waals surface area contributed by atoms with Crippen LogP contribution >= 0.6 is 38.9 Å². The number of methoxy groups -OCH3 is 2. The van der Waals surface area contributed by atoms with Crippen molar-refractivity contribution in [2.24, 2.45) is 0 Å². The van der Waals surface area contributed by atoms with E-state index in [9.17, 15) is 5.11 Å². The van der Waals surface area contributed by atoms with Gasteiger partial charge in [0.05, 0.1) is 24.1 Å². The fourth-order valence-corrected chi connectivity index (χ4v) is 3.69. The van der Waals surface area contributed by atoms with Gasteiger partial charge in [-0.2, -0.15) is 0 Å². The molecule has 1 heterocycles. The molecule has 102 valence electrons. The number of thiophene rings is 1. The van der Waals surface area contributed by atoms with Crippen LogP contribution in [0.2, 0.25) is 5.02 Å². The summed E-state index contributed by atoms with van der Waals surface area (Å²) in [6, 6.07) is 5.35. The Morgan fingerprint density at radius 2 is 2.00 bits per heavy atom. The molecule has 1 unspecified atom stereocenters. The molecule has 0 fully saturated rings. The Labute approximate surface area is 128 Å². The van der Waals surface area contributed by atoms with Crippen molar-refractivity contribution in [1.82, 2.24) is 0 Å². The first-order valence-electron chi connectivity index (χ1n) is 5.41. The summed E-state index contributed by atoms with van der Waals surface area (Å²) >= 11 is 11.1. The first-order valence-corrected chi connectivity index (χ1v) is 7.46. The first-order chi connectivity index (χ1) is 9.10. The van der Waals surface area contributed by atoms with Crippen LogP contribution in [0.25, 0.3) is 0 Å². The lowest BCUT2D eigenvalue weighted by Gasteiger charge is -2.16. The van der Waals surface area contributed by atoms with E-state index in [1.54, 1.807) is 19.2 Å². The number of hydrogen-bond acceptors (Lipinski definition) is 4. The lowest BCUT2D eigenvalue weighted by atomic mass is 10.1. The minimum Gasteiger partial charge on any atom is -0.493 e. The molecule has 1 N–H and O–H groups in total. The molecule has 6 heteroatoms. The van der Waals surface area contributed by atoms with E-state index in [-0.39, 0.29) is 0 Å². The third-order valence-electron chi connectivity index (χ3n) is 2.70. The summed E-state index contributed by atoms with van der Waals surface area (Å²) in [4.78, 5) is 0.800. The van der Waals surface area contributed by atoms with Crippen LogP contribution < -0.4 is 9.47 Å². The third-order valence-corrected chi connectivity index (χ3v) is 5.02. The highest BCUT2D eigenvalue weighted by Crippen LogP contribution is 2.43. The van der Waals surface area contributed by atoms with Gasteiger partial charge in [0.1, 0.15) is 6.10 Å². The molecule has 0 amide bonds. The topological polar surface area (TPSA) is 38.7 Å². The highest BCUT2D eigenvalue weighted by molar-refractivity contribution is 9.10. The molecule has 2 rings (SSSR count). The molecule has 0 spiro atoms. The lowest BCUT2D eigenvalue weighted by molar-refractivity contribution is 0.222. The summed E-state index contributed by atoms with van der Waals surface area (Å²) in [5.41, 5.74) is 0.586. The van der Waals surface area contributed by atoms with Crippen molar-refractivity contribution in [3.63, 3.8) is 0 Å². The van der Waals surface area contributed by atoms with Crippen LogP contribution in [0.1, 0.15) is 16.5 Å². The van der Waals surface area contributed by atoms with E-state index in [1.807, 2.05) is 11.4 Å². The van der Waals surface area contributed by atoms with Crippen LogP contribution in [-0.2, 0) is 0 Å². The second-order valence-corrected chi connectivity index (χ2v) is 5.92. The number of aliphatic hydroxyl groups excluding tert-OH is 1. The molecule has 0 aliphatic carbocycles. The molecule has 0 bridgehead atoms. The fraction of sp³-hybridized carbons (Fsp3) is 0.231. The SMILES string of the molecule is COc1ccc(C(O)c2sccc2Br)c(Cl)c1OC. The van der Waals surface area contributed by atoms with Crippen LogP contribution in [0.3, 0.4) is 0 Å². The van der Waals surface area contributed by atoms with Crippen molar-refractivity contribution in [2.45, 2.75) is 6.10 Å². The van der Waals surface area contributed by atoms with E-state index in [4.69, 9.17) is 21.1 Å². The predicted octanol–water partition coefficient (Wildman–Crippen LogP) is 4.26. The first kappa shape index (κ1) is 14.7. The van der Waals surface area contributed by atoms with Crippen LogP contribution in [0.15, 0.2) is 28.1 Å². The van der Waals surface area contributed by atoms with Gasteiger partial charge in [-0.25, -0.2) is 0 Å². The zero-order chi connectivity index (χ0) is 14.0. The monoisotopic (exact) mass is 362 g/mol. The van der Waals surface area contributed by atoms with Gasteiger partial charge in [0.15, 0.2) is 11.5 Å². The summed E-state index contributed by atoms with van der Waals surface area (Å²) in [7, 11) is 3.06. The molecule has 3 nitrogen and oxygen atoms in total. The van der Waals surface area contributed by atoms with E-state index in [0.29, 0.717) is 22.1 Å². The lowest BCUT2D eigenvalue weighted by Crippen LogP contribution is -2.01. The predicted molar refractivity (Wildman–Crippen MR) is 80.6 cm³/mol. The van der Waals surface area contributed by atoms with E-state index in [2.05, 4.69) is 15.9 Å². The molecular weight excluding hydrogens is 352 g/mol. The molecule has 19 heavy (non-hydrogen) atoms. The smallest absolute Gasteiger partial charge is 0.179 e. The summed E-state index contributed by atoms with van der Waals surface area (Å²) in [5, 5.41) is 12.7. The molecule has 0 saturated carbocycles. The summed E-state index contributed by atoms with van der Waals surface area (Å²) in [6.45, 7) is 0. The van der Waals surface area contributed by atoms with Gasteiger partial charge in [-0.15, -0.1) is 11.3 Å². The number of benzene rings is 1. The van der Waals surface area contributed by atoms with Crippen LogP contribution in [0.4, 0.5) is 0 Å². The van der Waals surface area contributed by atoms with Gasteiger partial charge in [0.2, 0.25) is 0 Å². The average molecular weight is 364 g/mol. The standard InChI is InChI=1S/C13H12BrClO3S/c1-17-9-4-3-7(10(15)12(9)18-2)11(16)13-8(14)5-6-19-13/h3-6,11,16H,1-2H3. The summed E-state index contributed by atoms with van der Waals surface area (Å²) in [5.74, 6) is 0.960. The van der Waals surface area contributed by atoms with Crippen molar-refractivity contribution in [2.75, 3.05) is 14.2 Å². The Morgan fingerprint density at radius 1 is 1.26 bits per heavy atom. The molecular formula is C13H12BrClO3S. The molecule has 0 aliphatic heterocycles. The number of ether oxygens (including phenoxy) is 2. The Kier molecular flexibility index (Phi) is 4.73. The molecule has 0 radical (unpaired) electrons. The molecule has 1 atom stereocenters. The molecule has 2 aromatic rings. The van der Waals surface area contributed by atoms with Crippen LogP contribution in [0.5, 0.6) is 11.5 Å². The van der Waals surface area contributed by atoms with Gasteiger partial charge in [0.25, 0.3) is 0 Å². The van der Waals surface area contributed by atoms with Crippen molar-refractivity contribution >= 4 is 38.9 Å². The Bertz CT molecular complexity index is 585. The van der Waals surface area contributed by atoms with Crippen molar-refractivity contribution in [3.05, 3.63) is 43.5 Å². The van der Waals surface area contributed by atoms with Gasteiger partial charge >= 0.3 is 0 Å². The number of hydrogen-bond donors (Lipinski definition) is 1. The van der Waals surface area contributed by atoms with Gasteiger partial charge < -0.3 is 14.6 Å². The normalized spacial score (nSPS) is 12.3. The minimum absolute atomic E-state index is 0.356. The summed E-state index contributed by atoms with van der Waals surface area (Å²) < 4.78 is 11.3. The van der Waals surface area contributed by atoms with E-state index in [1.165, 1.54) is 18.4 Å². The van der Waals surface area contributed by atoms with Gasteiger partial charge in [-0.05, 0) is 33.4 Å². The fourth-order valence-electron chi connectivity index (χ4n) is 1.76. The maximum Gasteiger partial charge on any atom is 0.179 e. The highest BCUT2D eigenvalue weighted by Gasteiger charge is 2.22. The maximum atomic E-state index is 10.4. The number of halogens is 2. The highest BCUT2D eigenvalue weighted by atomic mass is 79.9. The third kappa shape index (κ3) is 2.74. The molecule has 0 saturated heterocycles. The van der Waals surface area contributed by atoms with Crippen LogP contribution in [-0.4, -0.2) is 19.3 Å². The zero-order valence-corrected chi connectivity index (χ0v) is 13.5.